The Hall–Kier alpha value is -1.71. The van der Waals surface area contributed by atoms with Gasteiger partial charge in [0.05, 0.1) is 14.2 Å². The van der Waals surface area contributed by atoms with Crippen LogP contribution < -0.4 is 10.1 Å². The van der Waals surface area contributed by atoms with E-state index >= 15 is 0 Å². The van der Waals surface area contributed by atoms with Crippen LogP contribution in [0.1, 0.15) is 32.1 Å². The Kier molecular flexibility index (Phi) is 4.30. The first-order valence-corrected chi connectivity index (χ1v) is 6.71. The van der Waals surface area contributed by atoms with E-state index in [0.29, 0.717) is 0 Å². The van der Waals surface area contributed by atoms with Gasteiger partial charge in [-0.25, -0.2) is 4.79 Å². The van der Waals surface area contributed by atoms with Crippen LogP contribution in [0, 0.1) is 0 Å². The highest BCUT2D eigenvalue weighted by Crippen LogP contribution is 2.33. The molecule has 4 heteroatoms. The van der Waals surface area contributed by atoms with Crippen LogP contribution >= 0.6 is 0 Å². The minimum absolute atomic E-state index is 0.164. The number of methoxy groups -OCH3 is 2. The first-order chi connectivity index (χ1) is 9.20. The highest BCUT2D eigenvalue weighted by atomic mass is 16.5. The molecule has 1 aliphatic rings. The van der Waals surface area contributed by atoms with Crippen molar-refractivity contribution in [1.29, 1.82) is 0 Å². The number of esters is 1. The van der Waals surface area contributed by atoms with E-state index in [9.17, 15) is 4.79 Å². The van der Waals surface area contributed by atoms with E-state index in [1.165, 1.54) is 13.5 Å². The van der Waals surface area contributed by atoms with Crippen LogP contribution in [0.25, 0.3) is 0 Å². The molecule has 0 amide bonds. The maximum atomic E-state index is 12.1. The molecule has 0 radical (unpaired) electrons. The third kappa shape index (κ3) is 3.00. The van der Waals surface area contributed by atoms with Crippen molar-refractivity contribution in [1.82, 2.24) is 0 Å². The second-order valence-electron chi connectivity index (χ2n) is 4.99. The summed E-state index contributed by atoms with van der Waals surface area (Å²) >= 11 is 0. The zero-order chi connectivity index (χ0) is 13.7. The molecule has 0 aromatic heterocycles. The fraction of sp³-hybridized carbons (Fsp3) is 0.533. The molecule has 19 heavy (non-hydrogen) atoms. The van der Waals surface area contributed by atoms with Crippen molar-refractivity contribution in [3.63, 3.8) is 0 Å². The Bertz CT molecular complexity index is 422. The lowest BCUT2D eigenvalue weighted by Crippen LogP contribution is -2.48. The van der Waals surface area contributed by atoms with Gasteiger partial charge in [0.1, 0.15) is 11.3 Å². The van der Waals surface area contributed by atoms with Gasteiger partial charge in [-0.05, 0) is 37.1 Å². The van der Waals surface area contributed by atoms with Gasteiger partial charge in [-0.2, -0.15) is 0 Å². The van der Waals surface area contributed by atoms with Gasteiger partial charge in [-0.15, -0.1) is 0 Å². The van der Waals surface area contributed by atoms with Crippen molar-refractivity contribution < 1.29 is 14.3 Å². The van der Waals surface area contributed by atoms with Gasteiger partial charge in [0, 0.05) is 5.69 Å². The molecular formula is C15H21NO3. The summed E-state index contributed by atoms with van der Waals surface area (Å²) in [6, 6.07) is 7.63. The molecule has 104 valence electrons. The molecule has 1 aromatic carbocycles. The quantitative estimate of drug-likeness (QED) is 0.848. The number of carbonyl (C=O) groups is 1. The zero-order valence-corrected chi connectivity index (χ0v) is 11.6. The molecule has 0 heterocycles. The molecule has 1 saturated carbocycles. The number of hydrogen-bond donors (Lipinski definition) is 1. The Balaban J connectivity index is 2.17. The lowest BCUT2D eigenvalue weighted by molar-refractivity contribution is -0.147. The van der Waals surface area contributed by atoms with Crippen LogP contribution in [0.2, 0.25) is 0 Å². The molecule has 2 rings (SSSR count). The second kappa shape index (κ2) is 5.95. The molecule has 1 aliphatic carbocycles. The number of hydrogen-bond acceptors (Lipinski definition) is 4. The predicted octanol–water partition coefficient (Wildman–Crippen LogP) is 2.98. The maximum absolute atomic E-state index is 12.1. The van der Waals surface area contributed by atoms with E-state index in [2.05, 4.69) is 5.32 Å². The minimum atomic E-state index is -0.568. The number of rotatable bonds is 4. The van der Waals surface area contributed by atoms with Crippen molar-refractivity contribution >= 4 is 11.7 Å². The van der Waals surface area contributed by atoms with Crippen LogP contribution in [0.5, 0.6) is 5.75 Å². The Labute approximate surface area is 114 Å². The molecule has 4 nitrogen and oxygen atoms in total. The summed E-state index contributed by atoms with van der Waals surface area (Å²) in [6.07, 6.45) is 4.94. The van der Waals surface area contributed by atoms with Crippen molar-refractivity contribution in [2.75, 3.05) is 19.5 Å². The van der Waals surface area contributed by atoms with E-state index in [1.54, 1.807) is 7.11 Å². The van der Waals surface area contributed by atoms with Crippen molar-refractivity contribution in [2.45, 2.75) is 37.6 Å². The van der Waals surface area contributed by atoms with Gasteiger partial charge in [0.2, 0.25) is 0 Å². The van der Waals surface area contributed by atoms with Gasteiger partial charge in [0.15, 0.2) is 0 Å². The van der Waals surface area contributed by atoms with Gasteiger partial charge in [-0.3, -0.25) is 0 Å². The van der Waals surface area contributed by atoms with Crippen molar-refractivity contribution in [2.24, 2.45) is 0 Å². The summed E-state index contributed by atoms with van der Waals surface area (Å²) in [6.45, 7) is 0. The topological polar surface area (TPSA) is 47.6 Å². The van der Waals surface area contributed by atoms with Crippen LogP contribution in [0.15, 0.2) is 24.3 Å². The van der Waals surface area contributed by atoms with Gasteiger partial charge in [0.25, 0.3) is 0 Å². The molecule has 0 aliphatic heterocycles. The number of carbonyl (C=O) groups excluding carboxylic acids is 1. The normalized spacial score (nSPS) is 17.6. The smallest absolute Gasteiger partial charge is 0.331 e. The van der Waals surface area contributed by atoms with Crippen LogP contribution in [-0.2, 0) is 9.53 Å². The van der Waals surface area contributed by atoms with Gasteiger partial charge in [-0.1, -0.05) is 19.3 Å². The Morgan fingerprint density at radius 2 is 1.74 bits per heavy atom. The lowest BCUT2D eigenvalue weighted by atomic mass is 9.81. The Morgan fingerprint density at radius 1 is 1.11 bits per heavy atom. The largest absolute Gasteiger partial charge is 0.497 e. The molecule has 1 aromatic rings. The summed E-state index contributed by atoms with van der Waals surface area (Å²) in [5.41, 5.74) is 0.356. The molecule has 1 N–H and O–H groups in total. The average Bonchev–Trinajstić information content (AvgIpc) is 2.48. The predicted molar refractivity (Wildman–Crippen MR) is 74.4 cm³/mol. The summed E-state index contributed by atoms with van der Waals surface area (Å²) in [7, 11) is 3.09. The second-order valence-corrected chi connectivity index (χ2v) is 4.99. The number of anilines is 1. The highest BCUT2D eigenvalue weighted by molar-refractivity contribution is 5.84. The SMILES string of the molecule is COC(=O)C1(Nc2ccc(OC)cc2)CCCCC1. The lowest BCUT2D eigenvalue weighted by Gasteiger charge is -2.36. The van der Waals surface area contributed by atoms with Gasteiger partial charge >= 0.3 is 5.97 Å². The number of nitrogens with one attached hydrogen (secondary N) is 1. The van der Waals surface area contributed by atoms with Crippen LogP contribution in [0.4, 0.5) is 5.69 Å². The van der Waals surface area contributed by atoms with E-state index in [1.807, 2.05) is 24.3 Å². The van der Waals surface area contributed by atoms with E-state index in [0.717, 1.165) is 37.1 Å². The van der Waals surface area contributed by atoms with Crippen molar-refractivity contribution in [3.8, 4) is 5.75 Å². The molecule has 0 saturated heterocycles. The van der Waals surface area contributed by atoms with Crippen molar-refractivity contribution in [3.05, 3.63) is 24.3 Å². The fourth-order valence-electron chi connectivity index (χ4n) is 2.68. The fourth-order valence-corrected chi connectivity index (χ4v) is 2.68. The molecular weight excluding hydrogens is 242 g/mol. The standard InChI is InChI=1S/C15H21NO3/c1-18-13-8-6-12(7-9-13)16-15(14(17)19-2)10-4-3-5-11-15/h6-9,16H,3-5,10-11H2,1-2H3. The summed E-state index contributed by atoms with van der Waals surface area (Å²) in [4.78, 5) is 12.1. The van der Waals surface area contributed by atoms with Crippen LogP contribution in [-0.4, -0.2) is 25.7 Å². The average molecular weight is 263 g/mol. The summed E-state index contributed by atoms with van der Waals surface area (Å²) < 4.78 is 10.1. The zero-order valence-electron chi connectivity index (χ0n) is 11.6. The number of ether oxygens (including phenoxy) is 2. The van der Waals surface area contributed by atoms with Crippen LogP contribution in [0.3, 0.4) is 0 Å². The maximum Gasteiger partial charge on any atom is 0.331 e. The molecule has 0 bridgehead atoms. The third-order valence-electron chi connectivity index (χ3n) is 3.76. The first kappa shape index (κ1) is 13.7. The minimum Gasteiger partial charge on any atom is -0.497 e. The molecule has 1 fully saturated rings. The monoisotopic (exact) mass is 263 g/mol. The molecule has 0 unspecified atom stereocenters. The van der Waals surface area contributed by atoms with E-state index in [-0.39, 0.29) is 5.97 Å². The molecule has 0 spiro atoms. The highest BCUT2D eigenvalue weighted by Gasteiger charge is 2.40. The van der Waals surface area contributed by atoms with Gasteiger partial charge < -0.3 is 14.8 Å². The first-order valence-electron chi connectivity index (χ1n) is 6.71. The third-order valence-corrected chi connectivity index (χ3v) is 3.76. The summed E-state index contributed by atoms with van der Waals surface area (Å²) in [5.74, 6) is 0.643. The summed E-state index contributed by atoms with van der Waals surface area (Å²) in [5, 5.41) is 3.37. The van der Waals surface area contributed by atoms with E-state index in [4.69, 9.17) is 9.47 Å². The van der Waals surface area contributed by atoms with E-state index < -0.39 is 5.54 Å². The molecule has 0 atom stereocenters. The number of benzene rings is 1. The Morgan fingerprint density at radius 3 is 2.26 bits per heavy atom.